The van der Waals surface area contributed by atoms with Gasteiger partial charge in [-0.05, 0) is 25.1 Å². The third kappa shape index (κ3) is 2.09. The molecule has 96 valence electrons. The van der Waals surface area contributed by atoms with E-state index in [1.165, 1.54) is 29.0 Å². The molecule has 1 N–H and O–H groups in total. The number of hydrogen-bond donors (Lipinski definition) is 1. The molecule has 0 atom stereocenters. The Morgan fingerprint density at radius 1 is 1.39 bits per heavy atom. The van der Waals surface area contributed by atoms with Crippen LogP contribution in [0.15, 0.2) is 35.4 Å². The minimum Gasteiger partial charge on any atom is -0.449 e. The summed E-state index contributed by atoms with van der Waals surface area (Å²) in [6, 6.07) is 5.73. The van der Waals surface area contributed by atoms with Gasteiger partial charge in [0.25, 0.3) is 10.1 Å². The molecule has 0 amide bonds. The lowest BCUT2D eigenvalue weighted by Crippen LogP contribution is -2.12. The van der Waals surface area contributed by atoms with E-state index < -0.39 is 16.2 Å². The van der Waals surface area contributed by atoms with Crippen molar-refractivity contribution in [3.8, 4) is 0 Å². The molecule has 1 aromatic heterocycles. The Morgan fingerprint density at radius 2 is 2.11 bits per heavy atom. The highest BCUT2D eigenvalue weighted by atomic mass is 32.2. The normalized spacial score (nSPS) is 11.7. The summed E-state index contributed by atoms with van der Waals surface area (Å²) in [5.41, 5.74) is 0.364. The van der Waals surface area contributed by atoms with Crippen LogP contribution in [-0.2, 0) is 14.9 Å². The minimum atomic E-state index is -4.32. The minimum absolute atomic E-state index is 0.219. The SMILES string of the molecule is CCOC(=O)n1ccc2c(S(=O)(=O)O)cccc21. The molecule has 0 unspecified atom stereocenters. The van der Waals surface area contributed by atoms with Crippen molar-refractivity contribution in [2.45, 2.75) is 11.8 Å². The molecule has 0 saturated carbocycles. The van der Waals surface area contributed by atoms with Gasteiger partial charge in [0.1, 0.15) is 4.90 Å². The van der Waals surface area contributed by atoms with Crippen LogP contribution in [0, 0.1) is 0 Å². The average Bonchev–Trinajstić information content (AvgIpc) is 2.71. The van der Waals surface area contributed by atoms with E-state index in [0.29, 0.717) is 5.52 Å². The molecule has 1 aromatic carbocycles. The third-order valence-electron chi connectivity index (χ3n) is 2.44. The van der Waals surface area contributed by atoms with Gasteiger partial charge in [-0.15, -0.1) is 0 Å². The van der Waals surface area contributed by atoms with E-state index in [1.807, 2.05) is 0 Å². The second-order valence-electron chi connectivity index (χ2n) is 3.55. The molecular weight excluding hydrogens is 258 g/mol. The fourth-order valence-electron chi connectivity index (χ4n) is 1.72. The molecule has 0 aliphatic carbocycles. The number of aromatic nitrogens is 1. The molecule has 18 heavy (non-hydrogen) atoms. The Hall–Kier alpha value is -1.86. The van der Waals surface area contributed by atoms with E-state index in [2.05, 4.69) is 0 Å². The van der Waals surface area contributed by atoms with Crippen LogP contribution < -0.4 is 0 Å². The van der Waals surface area contributed by atoms with Crippen LogP contribution in [-0.4, -0.2) is 30.2 Å². The lowest BCUT2D eigenvalue weighted by atomic mass is 10.2. The van der Waals surface area contributed by atoms with Gasteiger partial charge in [0.2, 0.25) is 0 Å². The molecule has 2 rings (SSSR count). The lowest BCUT2D eigenvalue weighted by Gasteiger charge is -2.04. The van der Waals surface area contributed by atoms with Gasteiger partial charge in [0, 0.05) is 11.6 Å². The summed E-state index contributed by atoms with van der Waals surface area (Å²) in [5, 5.41) is 0.271. The Balaban J connectivity index is 2.66. The maximum absolute atomic E-state index is 11.6. The monoisotopic (exact) mass is 269 g/mol. The molecule has 1 heterocycles. The number of nitrogens with zero attached hydrogens (tertiary/aromatic N) is 1. The zero-order chi connectivity index (χ0) is 13.3. The molecule has 7 heteroatoms. The second-order valence-corrected chi connectivity index (χ2v) is 4.94. The number of carbonyl (C=O) groups is 1. The number of rotatable bonds is 2. The largest absolute Gasteiger partial charge is 0.449 e. The zero-order valence-corrected chi connectivity index (χ0v) is 10.3. The van der Waals surface area contributed by atoms with E-state index in [4.69, 9.17) is 9.29 Å². The summed E-state index contributed by atoms with van der Waals surface area (Å²) in [5.74, 6) is 0. The first-order chi connectivity index (χ1) is 8.45. The molecule has 0 saturated heterocycles. The van der Waals surface area contributed by atoms with Crippen LogP contribution >= 0.6 is 0 Å². The molecule has 0 aliphatic heterocycles. The standard InChI is InChI=1S/C11H11NO5S/c1-2-17-11(13)12-7-6-8-9(12)4-3-5-10(8)18(14,15)16/h3-7H,2H2,1H3,(H,14,15,16). The average molecular weight is 269 g/mol. The van der Waals surface area contributed by atoms with E-state index in [9.17, 15) is 13.2 Å². The summed E-state index contributed by atoms with van der Waals surface area (Å²) >= 11 is 0. The van der Waals surface area contributed by atoms with Crippen LogP contribution in [0.3, 0.4) is 0 Å². The molecule has 0 bridgehead atoms. The van der Waals surface area contributed by atoms with Crippen molar-refractivity contribution in [3.05, 3.63) is 30.5 Å². The molecular formula is C11H11NO5S. The molecule has 0 spiro atoms. The first-order valence-electron chi connectivity index (χ1n) is 5.20. The van der Waals surface area contributed by atoms with E-state index in [-0.39, 0.29) is 16.9 Å². The number of fused-ring (bicyclic) bond motifs is 1. The number of hydrogen-bond acceptors (Lipinski definition) is 4. The predicted molar refractivity (Wildman–Crippen MR) is 64.2 cm³/mol. The van der Waals surface area contributed by atoms with Gasteiger partial charge in [0.05, 0.1) is 12.1 Å². The van der Waals surface area contributed by atoms with Crippen molar-refractivity contribution in [3.63, 3.8) is 0 Å². The van der Waals surface area contributed by atoms with Gasteiger partial charge in [-0.2, -0.15) is 8.42 Å². The highest BCUT2D eigenvalue weighted by molar-refractivity contribution is 7.86. The Labute approximate surface area is 104 Å². The molecule has 0 radical (unpaired) electrons. The summed E-state index contributed by atoms with van der Waals surface area (Å²) in [6.07, 6.45) is 0.803. The number of benzene rings is 1. The Bertz CT molecular complexity index is 701. The van der Waals surface area contributed by atoms with Crippen LogP contribution in [0.2, 0.25) is 0 Å². The van der Waals surface area contributed by atoms with Crippen LogP contribution in [0.25, 0.3) is 10.9 Å². The summed E-state index contributed by atoms with van der Waals surface area (Å²) in [7, 11) is -4.32. The van der Waals surface area contributed by atoms with Crippen molar-refractivity contribution in [2.24, 2.45) is 0 Å². The lowest BCUT2D eigenvalue weighted by molar-refractivity contribution is 0.155. The highest BCUT2D eigenvalue weighted by Gasteiger charge is 2.17. The third-order valence-corrected chi connectivity index (χ3v) is 3.35. The van der Waals surface area contributed by atoms with Crippen LogP contribution in [0.1, 0.15) is 6.92 Å². The topological polar surface area (TPSA) is 85.6 Å². The van der Waals surface area contributed by atoms with Gasteiger partial charge >= 0.3 is 6.09 Å². The van der Waals surface area contributed by atoms with Crippen molar-refractivity contribution in [2.75, 3.05) is 6.61 Å². The van der Waals surface area contributed by atoms with Crippen LogP contribution in [0.5, 0.6) is 0 Å². The Kier molecular flexibility index (Phi) is 3.10. The second kappa shape index (κ2) is 4.43. The van der Waals surface area contributed by atoms with Crippen molar-refractivity contribution in [1.82, 2.24) is 4.57 Å². The number of ether oxygens (including phenoxy) is 1. The fourth-order valence-corrected chi connectivity index (χ4v) is 2.42. The fraction of sp³-hybridized carbons (Fsp3) is 0.182. The van der Waals surface area contributed by atoms with Crippen molar-refractivity contribution < 1.29 is 22.5 Å². The first-order valence-corrected chi connectivity index (χ1v) is 6.64. The van der Waals surface area contributed by atoms with Gasteiger partial charge in [0.15, 0.2) is 0 Å². The van der Waals surface area contributed by atoms with Gasteiger partial charge in [-0.1, -0.05) is 6.07 Å². The first kappa shape index (κ1) is 12.6. The van der Waals surface area contributed by atoms with E-state index in [0.717, 1.165) is 0 Å². The molecule has 6 nitrogen and oxygen atoms in total. The smallest absolute Gasteiger partial charge is 0.418 e. The van der Waals surface area contributed by atoms with Crippen molar-refractivity contribution in [1.29, 1.82) is 0 Å². The van der Waals surface area contributed by atoms with Gasteiger partial charge < -0.3 is 4.74 Å². The summed E-state index contributed by atoms with van der Waals surface area (Å²) in [4.78, 5) is 11.4. The maximum Gasteiger partial charge on any atom is 0.418 e. The van der Waals surface area contributed by atoms with Gasteiger partial charge in [-0.25, -0.2) is 4.79 Å². The quantitative estimate of drug-likeness (QED) is 0.841. The Morgan fingerprint density at radius 3 is 2.72 bits per heavy atom. The molecule has 2 aromatic rings. The molecule has 0 fully saturated rings. The predicted octanol–water partition coefficient (Wildman–Crippen LogP) is 1.89. The maximum atomic E-state index is 11.6. The summed E-state index contributed by atoms with van der Waals surface area (Å²) in [6.45, 7) is 1.89. The molecule has 0 aliphatic rings. The van der Waals surface area contributed by atoms with Crippen molar-refractivity contribution >= 4 is 27.1 Å². The highest BCUT2D eigenvalue weighted by Crippen LogP contribution is 2.24. The van der Waals surface area contributed by atoms with Gasteiger partial charge in [-0.3, -0.25) is 9.12 Å². The summed E-state index contributed by atoms with van der Waals surface area (Å²) < 4.78 is 37.5. The van der Waals surface area contributed by atoms with E-state index >= 15 is 0 Å². The number of carbonyl (C=O) groups excluding carboxylic acids is 1. The van der Waals surface area contributed by atoms with E-state index in [1.54, 1.807) is 13.0 Å². The van der Waals surface area contributed by atoms with Crippen LogP contribution in [0.4, 0.5) is 4.79 Å². The zero-order valence-electron chi connectivity index (χ0n) is 9.53.